The van der Waals surface area contributed by atoms with E-state index in [4.69, 9.17) is 4.74 Å². The third-order valence-electron chi connectivity index (χ3n) is 4.45. The fourth-order valence-corrected chi connectivity index (χ4v) is 3.94. The van der Waals surface area contributed by atoms with E-state index >= 15 is 0 Å². The number of nitrogens with zero attached hydrogens (tertiary/aromatic N) is 4. The Hall–Kier alpha value is -3.86. The number of rotatable bonds is 5. The van der Waals surface area contributed by atoms with Crippen molar-refractivity contribution < 1.29 is 18.3 Å². The van der Waals surface area contributed by atoms with Gasteiger partial charge in [0.25, 0.3) is 5.91 Å². The number of amides is 1. The lowest BCUT2D eigenvalue weighted by molar-refractivity contribution is -0.0493. The second-order valence-corrected chi connectivity index (χ2v) is 7.19. The Labute approximate surface area is 171 Å². The standard InChI is InChI=1S/C19H12F2N6O2S/c20-19(21)29-14-7-15-10(2-5-30-15)6-11(14)16-13(9-23-26-16)25-18(28)12-8-24-27-4-1-3-22-17(12)27/h1-9,19H,(H,23,26)(H,25,28). The van der Waals surface area contributed by atoms with Gasteiger partial charge in [-0.05, 0) is 35.0 Å². The van der Waals surface area contributed by atoms with Gasteiger partial charge in [0, 0.05) is 22.7 Å². The van der Waals surface area contributed by atoms with Crippen molar-refractivity contribution >= 4 is 38.7 Å². The molecule has 1 amide bonds. The van der Waals surface area contributed by atoms with Crippen molar-refractivity contribution in [1.29, 1.82) is 0 Å². The van der Waals surface area contributed by atoms with Gasteiger partial charge < -0.3 is 10.1 Å². The molecule has 0 saturated heterocycles. The van der Waals surface area contributed by atoms with Gasteiger partial charge in [-0.2, -0.15) is 19.0 Å². The number of halogens is 2. The first-order valence-electron chi connectivity index (χ1n) is 8.69. The van der Waals surface area contributed by atoms with Gasteiger partial charge in [0.1, 0.15) is 11.3 Å². The van der Waals surface area contributed by atoms with Crippen molar-refractivity contribution in [3.05, 3.63) is 60.0 Å². The highest BCUT2D eigenvalue weighted by Crippen LogP contribution is 2.39. The Morgan fingerprint density at radius 1 is 1.30 bits per heavy atom. The molecule has 0 bridgehead atoms. The van der Waals surface area contributed by atoms with E-state index in [2.05, 4.69) is 25.6 Å². The van der Waals surface area contributed by atoms with Crippen LogP contribution in [0.5, 0.6) is 5.75 Å². The summed E-state index contributed by atoms with van der Waals surface area (Å²) in [5, 5.41) is 16.3. The summed E-state index contributed by atoms with van der Waals surface area (Å²) in [7, 11) is 0. The Kier molecular flexibility index (Phi) is 4.36. The number of hydrogen-bond donors (Lipinski definition) is 2. The minimum absolute atomic E-state index is 0.0163. The maximum absolute atomic E-state index is 13.0. The number of hydrogen-bond acceptors (Lipinski definition) is 6. The summed E-state index contributed by atoms with van der Waals surface area (Å²) in [5.74, 6) is -0.475. The van der Waals surface area contributed by atoms with Crippen molar-refractivity contribution in [1.82, 2.24) is 24.8 Å². The molecular weight excluding hydrogens is 414 g/mol. The Balaban J connectivity index is 1.54. The van der Waals surface area contributed by atoms with Crippen LogP contribution in [0.2, 0.25) is 0 Å². The number of carbonyl (C=O) groups excluding carboxylic acids is 1. The van der Waals surface area contributed by atoms with Crippen LogP contribution >= 0.6 is 11.3 Å². The third kappa shape index (κ3) is 3.14. The van der Waals surface area contributed by atoms with Crippen LogP contribution in [0.4, 0.5) is 14.5 Å². The van der Waals surface area contributed by atoms with E-state index in [1.54, 1.807) is 30.6 Å². The maximum atomic E-state index is 13.0. The predicted molar refractivity (Wildman–Crippen MR) is 107 cm³/mol. The zero-order valence-electron chi connectivity index (χ0n) is 15.0. The van der Waals surface area contributed by atoms with Gasteiger partial charge in [-0.1, -0.05) is 0 Å². The van der Waals surface area contributed by atoms with Crippen LogP contribution in [0, 0.1) is 0 Å². The third-order valence-corrected chi connectivity index (χ3v) is 5.33. The van der Waals surface area contributed by atoms with Gasteiger partial charge in [0.05, 0.1) is 23.8 Å². The van der Waals surface area contributed by atoms with Gasteiger partial charge in [-0.25, -0.2) is 9.50 Å². The number of carbonyl (C=O) groups is 1. The second-order valence-electron chi connectivity index (χ2n) is 6.24. The minimum atomic E-state index is -2.99. The van der Waals surface area contributed by atoms with Gasteiger partial charge in [0.2, 0.25) is 0 Å². The number of anilines is 1. The number of aromatic nitrogens is 5. The summed E-state index contributed by atoms with van der Waals surface area (Å²) in [4.78, 5) is 17.0. The monoisotopic (exact) mass is 426 g/mol. The number of alkyl halides is 2. The molecule has 0 aliphatic heterocycles. The molecule has 0 radical (unpaired) electrons. The van der Waals surface area contributed by atoms with E-state index < -0.39 is 12.5 Å². The zero-order chi connectivity index (χ0) is 20.7. The van der Waals surface area contributed by atoms with Crippen molar-refractivity contribution in [3.63, 3.8) is 0 Å². The Bertz CT molecular complexity index is 1380. The molecule has 1 aromatic carbocycles. The summed E-state index contributed by atoms with van der Waals surface area (Å²) < 4.78 is 33.0. The van der Waals surface area contributed by atoms with E-state index in [0.717, 1.165) is 10.1 Å². The van der Waals surface area contributed by atoms with Crippen LogP contribution in [0.3, 0.4) is 0 Å². The van der Waals surface area contributed by atoms with Gasteiger partial charge in [-0.3, -0.25) is 9.89 Å². The number of thiophene rings is 1. The van der Waals surface area contributed by atoms with Crippen LogP contribution in [-0.2, 0) is 0 Å². The van der Waals surface area contributed by atoms with E-state index in [0.29, 0.717) is 22.6 Å². The lowest BCUT2D eigenvalue weighted by atomic mass is 10.1. The average molecular weight is 426 g/mol. The first-order chi connectivity index (χ1) is 14.6. The minimum Gasteiger partial charge on any atom is -0.434 e. The van der Waals surface area contributed by atoms with Gasteiger partial charge >= 0.3 is 6.61 Å². The molecule has 8 nitrogen and oxygen atoms in total. The van der Waals surface area contributed by atoms with Crippen molar-refractivity contribution in [2.75, 3.05) is 5.32 Å². The summed E-state index contributed by atoms with van der Waals surface area (Å²) in [6.45, 7) is -2.99. The highest BCUT2D eigenvalue weighted by atomic mass is 32.1. The first-order valence-corrected chi connectivity index (χ1v) is 9.57. The van der Waals surface area contributed by atoms with Crippen LogP contribution in [0.15, 0.2) is 54.4 Å². The van der Waals surface area contributed by atoms with Crippen LogP contribution in [0.1, 0.15) is 10.4 Å². The lowest BCUT2D eigenvalue weighted by Gasteiger charge is -2.12. The molecule has 0 spiro atoms. The van der Waals surface area contributed by atoms with Gasteiger partial charge in [0.15, 0.2) is 5.65 Å². The molecule has 11 heteroatoms. The molecule has 0 saturated carbocycles. The average Bonchev–Trinajstić information content (AvgIpc) is 3.45. The van der Waals surface area contributed by atoms with E-state index in [-0.39, 0.29) is 11.3 Å². The Morgan fingerprint density at radius 2 is 2.20 bits per heavy atom. The van der Waals surface area contributed by atoms with Gasteiger partial charge in [-0.15, -0.1) is 11.3 Å². The fourth-order valence-electron chi connectivity index (χ4n) is 3.14. The SMILES string of the molecule is O=C(Nc1cn[nH]c1-c1cc2ccsc2cc1OC(F)F)c1cnn2cccnc12. The zero-order valence-corrected chi connectivity index (χ0v) is 15.9. The van der Waals surface area contributed by atoms with Crippen molar-refractivity contribution in [2.45, 2.75) is 6.61 Å². The molecule has 0 fully saturated rings. The molecule has 150 valence electrons. The quantitative estimate of drug-likeness (QED) is 0.439. The number of H-pyrrole nitrogens is 1. The molecule has 0 aliphatic carbocycles. The number of aromatic amines is 1. The van der Waals surface area contributed by atoms with E-state index in [1.807, 2.05) is 11.4 Å². The predicted octanol–water partition coefficient (Wildman–Crippen LogP) is 4.19. The van der Waals surface area contributed by atoms with Crippen LogP contribution in [0.25, 0.3) is 27.0 Å². The first kappa shape index (κ1) is 18.2. The van der Waals surface area contributed by atoms with E-state index in [1.165, 1.54) is 28.2 Å². The Morgan fingerprint density at radius 3 is 3.07 bits per heavy atom. The molecule has 4 heterocycles. The summed E-state index contributed by atoms with van der Waals surface area (Å²) in [6, 6.07) is 6.82. The van der Waals surface area contributed by atoms with Crippen LogP contribution < -0.4 is 10.1 Å². The summed E-state index contributed by atoms with van der Waals surface area (Å²) in [6.07, 6.45) is 6.03. The largest absolute Gasteiger partial charge is 0.434 e. The molecule has 0 aliphatic rings. The number of nitrogens with one attached hydrogen (secondary N) is 2. The number of benzene rings is 1. The van der Waals surface area contributed by atoms with Crippen LogP contribution in [-0.4, -0.2) is 37.3 Å². The summed E-state index contributed by atoms with van der Waals surface area (Å²) in [5.41, 5.74) is 1.66. The van der Waals surface area contributed by atoms with E-state index in [9.17, 15) is 13.6 Å². The molecular formula is C19H12F2N6O2S. The van der Waals surface area contributed by atoms with Crippen molar-refractivity contribution in [3.8, 4) is 17.0 Å². The number of ether oxygens (including phenoxy) is 1. The lowest BCUT2D eigenvalue weighted by Crippen LogP contribution is -2.12. The molecule has 0 unspecified atom stereocenters. The summed E-state index contributed by atoms with van der Waals surface area (Å²) >= 11 is 1.41. The normalized spacial score (nSPS) is 11.4. The topological polar surface area (TPSA) is 97.2 Å². The second kappa shape index (κ2) is 7.19. The highest BCUT2D eigenvalue weighted by Gasteiger charge is 2.20. The molecule has 5 aromatic rings. The molecule has 2 N–H and O–H groups in total. The molecule has 5 rings (SSSR count). The molecule has 4 aromatic heterocycles. The number of fused-ring (bicyclic) bond motifs is 2. The highest BCUT2D eigenvalue weighted by molar-refractivity contribution is 7.17. The maximum Gasteiger partial charge on any atom is 0.387 e. The molecule has 30 heavy (non-hydrogen) atoms. The molecule has 0 atom stereocenters. The fraction of sp³-hybridized carbons (Fsp3) is 0.0526. The smallest absolute Gasteiger partial charge is 0.387 e. The van der Waals surface area contributed by atoms with Crippen molar-refractivity contribution in [2.24, 2.45) is 0 Å².